The van der Waals surface area contributed by atoms with Crippen molar-refractivity contribution in [1.29, 1.82) is 0 Å². The van der Waals surface area contributed by atoms with E-state index < -0.39 is 11.6 Å². The van der Waals surface area contributed by atoms with E-state index in [0.717, 1.165) is 0 Å². The van der Waals surface area contributed by atoms with Gasteiger partial charge in [0.05, 0.1) is 11.6 Å². The summed E-state index contributed by atoms with van der Waals surface area (Å²) in [7, 11) is 1.48. The molecule has 0 saturated carbocycles. The van der Waals surface area contributed by atoms with Crippen LogP contribution >= 0.6 is 15.9 Å². The van der Waals surface area contributed by atoms with Crippen molar-refractivity contribution < 1.29 is 13.5 Å². The van der Waals surface area contributed by atoms with Crippen LogP contribution in [0.1, 0.15) is 0 Å². The van der Waals surface area contributed by atoms with Crippen LogP contribution in [0.2, 0.25) is 0 Å². The Morgan fingerprint density at radius 1 is 1.13 bits per heavy atom. The summed E-state index contributed by atoms with van der Waals surface area (Å²) in [5.74, 6) is -1.24. The summed E-state index contributed by atoms with van der Waals surface area (Å²) in [6, 6.07) is 6.39. The maximum atomic E-state index is 13.5. The van der Waals surface area contributed by atoms with Gasteiger partial charge in [0.15, 0.2) is 11.6 Å². The molecule has 2 rings (SSSR count). The molecule has 0 atom stereocenters. The van der Waals surface area contributed by atoms with Crippen molar-refractivity contribution >= 4 is 26.7 Å². The van der Waals surface area contributed by atoms with E-state index in [-0.39, 0.29) is 9.86 Å². The number of hydrogen-bond donors (Lipinski definition) is 0. The lowest BCUT2D eigenvalue weighted by Gasteiger charge is -2.05. The number of benzene rings is 2. The molecule has 4 heteroatoms. The molecule has 0 bridgehead atoms. The molecule has 0 fully saturated rings. The molecule has 0 aliphatic rings. The number of rotatable bonds is 1. The Bertz CT molecular complexity index is 525. The van der Waals surface area contributed by atoms with E-state index >= 15 is 0 Å². The molecular formula is C11H7BrF2O. The summed E-state index contributed by atoms with van der Waals surface area (Å²) in [5.41, 5.74) is 0. The van der Waals surface area contributed by atoms with Gasteiger partial charge in [-0.1, -0.05) is 6.07 Å². The third-order valence-corrected chi connectivity index (χ3v) is 2.76. The summed E-state index contributed by atoms with van der Waals surface area (Å²) < 4.78 is 31.8. The molecule has 0 radical (unpaired) electrons. The molecule has 0 heterocycles. The molecular weight excluding hydrogens is 266 g/mol. The average Bonchev–Trinajstić information content (AvgIpc) is 2.26. The van der Waals surface area contributed by atoms with Crippen molar-refractivity contribution in [3.8, 4) is 5.75 Å². The Balaban J connectivity index is 2.81. The Kier molecular flexibility index (Phi) is 2.61. The van der Waals surface area contributed by atoms with E-state index in [2.05, 4.69) is 15.9 Å². The minimum Gasteiger partial charge on any atom is -0.497 e. The highest BCUT2D eigenvalue weighted by Gasteiger charge is 2.12. The Labute approximate surface area is 93.8 Å². The van der Waals surface area contributed by atoms with Crippen LogP contribution in [0.3, 0.4) is 0 Å². The predicted molar refractivity (Wildman–Crippen MR) is 58.1 cm³/mol. The highest BCUT2D eigenvalue weighted by molar-refractivity contribution is 9.10. The molecule has 0 saturated heterocycles. The quantitative estimate of drug-likeness (QED) is 0.716. The van der Waals surface area contributed by atoms with Gasteiger partial charge >= 0.3 is 0 Å². The van der Waals surface area contributed by atoms with Crippen LogP contribution in [-0.2, 0) is 0 Å². The number of ether oxygens (including phenoxy) is 1. The fourth-order valence-electron chi connectivity index (χ4n) is 1.40. The summed E-state index contributed by atoms with van der Waals surface area (Å²) in [6.45, 7) is 0. The first kappa shape index (κ1) is 10.4. The Morgan fingerprint density at radius 2 is 1.87 bits per heavy atom. The lowest BCUT2D eigenvalue weighted by atomic mass is 10.1. The molecule has 0 aliphatic carbocycles. The smallest absolute Gasteiger partial charge is 0.173 e. The van der Waals surface area contributed by atoms with Gasteiger partial charge in [0.25, 0.3) is 0 Å². The van der Waals surface area contributed by atoms with Gasteiger partial charge in [-0.3, -0.25) is 0 Å². The molecule has 0 N–H and O–H groups in total. The lowest BCUT2D eigenvalue weighted by molar-refractivity contribution is 0.415. The summed E-state index contributed by atoms with van der Waals surface area (Å²) in [6.07, 6.45) is 0. The zero-order valence-electron chi connectivity index (χ0n) is 7.85. The summed E-state index contributed by atoms with van der Waals surface area (Å²) >= 11 is 2.96. The van der Waals surface area contributed by atoms with Crippen LogP contribution in [0.25, 0.3) is 10.8 Å². The first-order valence-corrected chi connectivity index (χ1v) is 5.04. The van der Waals surface area contributed by atoms with E-state index in [1.807, 2.05) is 0 Å². The molecule has 78 valence electrons. The number of methoxy groups -OCH3 is 1. The number of halogens is 3. The second-order valence-corrected chi connectivity index (χ2v) is 3.93. The third kappa shape index (κ3) is 1.69. The Morgan fingerprint density at radius 3 is 2.53 bits per heavy atom. The first-order valence-electron chi connectivity index (χ1n) is 4.24. The van der Waals surface area contributed by atoms with Gasteiger partial charge in [-0.15, -0.1) is 0 Å². The van der Waals surface area contributed by atoms with Gasteiger partial charge in [0.1, 0.15) is 5.75 Å². The third-order valence-electron chi connectivity index (χ3n) is 2.18. The highest BCUT2D eigenvalue weighted by Crippen LogP contribution is 2.29. The Hall–Kier alpha value is -1.16. The predicted octanol–water partition coefficient (Wildman–Crippen LogP) is 3.89. The maximum Gasteiger partial charge on any atom is 0.173 e. The monoisotopic (exact) mass is 272 g/mol. The first-order chi connectivity index (χ1) is 7.13. The minimum atomic E-state index is -0.879. The lowest BCUT2D eigenvalue weighted by Crippen LogP contribution is -1.90. The zero-order chi connectivity index (χ0) is 11.0. The van der Waals surface area contributed by atoms with Crippen molar-refractivity contribution in [3.63, 3.8) is 0 Å². The maximum absolute atomic E-state index is 13.5. The standard InChI is InChI=1S/C11H7BrF2O/c1-15-7-3-2-6-4-9(12)11(14)10(13)8(6)5-7/h2-5H,1H3. The second-order valence-electron chi connectivity index (χ2n) is 3.07. The molecule has 0 aliphatic heterocycles. The van der Waals surface area contributed by atoms with Gasteiger partial charge < -0.3 is 4.74 Å². The van der Waals surface area contributed by atoms with Crippen molar-refractivity contribution in [3.05, 3.63) is 40.4 Å². The highest BCUT2D eigenvalue weighted by atomic mass is 79.9. The molecule has 2 aromatic rings. The van der Waals surface area contributed by atoms with E-state index in [1.54, 1.807) is 12.1 Å². The van der Waals surface area contributed by atoms with E-state index in [1.165, 1.54) is 19.2 Å². The molecule has 0 unspecified atom stereocenters. The SMILES string of the molecule is COc1ccc2cc(Br)c(F)c(F)c2c1. The van der Waals surface area contributed by atoms with Crippen molar-refractivity contribution in [2.45, 2.75) is 0 Å². The molecule has 0 aromatic heterocycles. The molecule has 0 spiro atoms. The van der Waals surface area contributed by atoms with Gasteiger partial charge in [0, 0.05) is 5.39 Å². The van der Waals surface area contributed by atoms with Gasteiger partial charge in [0.2, 0.25) is 0 Å². The zero-order valence-corrected chi connectivity index (χ0v) is 9.44. The second kappa shape index (κ2) is 3.77. The van der Waals surface area contributed by atoms with Crippen LogP contribution in [0.5, 0.6) is 5.75 Å². The van der Waals surface area contributed by atoms with E-state index in [4.69, 9.17) is 4.74 Å². The molecule has 15 heavy (non-hydrogen) atoms. The topological polar surface area (TPSA) is 9.23 Å². The molecule has 1 nitrogen and oxygen atoms in total. The van der Waals surface area contributed by atoms with Crippen molar-refractivity contribution in [1.82, 2.24) is 0 Å². The normalized spacial score (nSPS) is 10.7. The number of fused-ring (bicyclic) bond motifs is 1. The van der Waals surface area contributed by atoms with Gasteiger partial charge in [-0.2, -0.15) is 0 Å². The van der Waals surface area contributed by atoms with E-state index in [0.29, 0.717) is 11.1 Å². The van der Waals surface area contributed by atoms with Crippen LogP contribution in [0, 0.1) is 11.6 Å². The average molecular weight is 273 g/mol. The van der Waals surface area contributed by atoms with E-state index in [9.17, 15) is 8.78 Å². The summed E-state index contributed by atoms with van der Waals surface area (Å²) in [5, 5.41) is 0.844. The minimum absolute atomic E-state index is 0.123. The molecule has 2 aromatic carbocycles. The largest absolute Gasteiger partial charge is 0.497 e. The summed E-state index contributed by atoms with van der Waals surface area (Å²) in [4.78, 5) is 0. The number of hydrogen-bond acceptors (Lipinski definition) is 1. The van der Waals surface area contributed by atoms with Crippen molar-refractivity contribution in [2.24, 2.45) is 0 Å². The van der Waals surface area contributed by atoms with Crippen molar-refractivity contribution in [2.75, 3.05) is 7.11 Å². The van der Waals surface area contributed by atoms with Crippen LogP contribution in [0.4, 0.5) is 8.78 Å². The molecule has 0 amide bonds. The van der Waals surface area contributed by atoms with Crippen LogP contribution in [0.15, 0.2) is 28.7 Å². The van der Waals surface area contributed by atoms with Crippen LogP contribution in [-0.4, -0.2) is 7.11 Å². The fraction of sp³-hybridized carbons (Fsp3) is 0.0909. The van der Waals surface area contributed by atoms with Crippen LogP contribution < -0.4 is 4.74 Å². The van der Waals surface area contributed by atoms with Gasteiger partial charge in [-0.25, -0.2) is 8.78 Å². The van der Waals surface area contributed by atoms with Gasteiger partial charge in [-0.05, 0) is 39.5 Å². The fourth-order valence-corrected chi connectivity index (χ4v) is 1.82.